The summed E-state index contributed by atoms with van der Waals surface area (Å²) in [6.07, 6.45) is 5.74. The maximum atomic E-state index is 9.65. The van der Waals surface area contributed by atoms with Crippen molar-refractivity contribution in [3.05, 3.63) is 23.9 Å². The maximum absolute atomic E-state index is 9.65. The molecule has 0 saturated heterocycles. The van der Waals surface area contributed by atoms with Crippen LogP contribution in [-0.4, -0.2) is 22.2 Å². The maximum Gasteiger partial charge on any atom is 0.126 e. The number of anilines is 1. The standard InChI is InChI=1S/C14H19N3O/c1-11-4-6-14(10-18,7-5-11)17-13-3-2-12(8-15)9-16-13/h2-3,9,11,18H,4-7,10H2,1H3,(H,16,17). The van der Waals surface area contributed by atoms with E-state index in [1.54, 1.807) is 18.3 Å². The van der Waals surface area contributed by atoms with Gasteiger partial charge >= 0.3 is 0 Å². The predicted molar refractivity (Wildman–Crippen MR) is 70.0 cm³/mol. The van der Waals surface area contributed by atoms with Gasteiger partial charge in [0, 0.05) is 6.20 Å². The van der Waals surface area contributed by atoms with Crippen molar-refractivity contribution in [1.82, 2.24) is 4.98 Å². The van der Waals surface area contributed by atoms with E-state index < -0.39 is 0 Å². The van der Waals surface area contributed by atoms with Crippen LogP contribution in [0.4, 0.5) is 5.82 Å². The number of hydrogen-bond donors (Lipinski definition) is 2. The van der Waals surface area contributed by atoms with Crippen LogP contribution >= 0.6 is 0 Å². The molecule has 0 bridgehead atoms. The molecule has 0 aromatic carbocycles. The minimum atomic E-state index is -0.242. The van der Waals surface area contributed by atoms with E-state index in [1.807, 2.05) is 6.07 Å². The zero-order valence-corrected chi connectivity index (χ0v) is 10.7. The Morgan fingerprint density at radius 2 is 2.22 bits per heavy atom. The third-order valence-electron chi connectivity index (χ3n) is 3.82. The molecule has 1 aromatic heterocycles. The lowest BCUT2D eigenvalue weighted by Gasteiger charge is -2.39. The Hall–Kier alpha value is -1.60. The monoisotopic (exact) mass is 245 g/mol. The number of pyridine rings is 1. The summed E-state index contributed by atoms with van der Waals surface area (Å²) in [5, 5.41) is 21.7. The van der Waals surface area contributed by atoms with Crippen molar-refractivity contribution in [3.8, 4) is 6.07 Å². The van der Waals surface area contributed by atoms with Crippen molar-refractivity contribution in [1.29, 1.82) is 5.26 Å². The van der Waals surface area contributed by atoms with Crippen LogP contribution in [0.2, 0.25) is 0 Å². The molecule has 2 rings (SSSR count). The molecule has 0 radical (unpaired) electrons. The molecule has 0 atom stereocenters. The summed E-state index contributed by atoms with van der Waals surface area (Å²) in [7, 11) is 0. The summed E-state index contributed by atoms with van der Waals surface area (Å²) in [5.74, 6) is 1.47. The smallest absolute Gasteiger partial charge is 0.126 e. The molecular formula is C14H19N3O. The molecule has 0 unspecified atom stereocenters. The Balaban J connectivity index is 2.08. The van der Waals surface area contributed by atoms with Crippen LogP contribution in [0.5, 0.6) is 0 Å². The van der Waals surface area contributed by atoms with Gasteiger partial charge in [-0.3, -0.25) is 0 Å². The van der Waals surface area contributed by atoms with Gasteiger partial charge in [0.25, 0.3) is 0 Å². The minimum absolute atomic E-state index is 0.126. The van der Waals surface area contributed by atoms with Gasteiger partial charge < -0.3 is 10.4 Å². The summed E-state index contributed by atoms with van der Waals surface area (Å²) in [4.78, 5) is 4.21. The molecule has 0 spiro atoms. The first kappa shape index (κ1) is 12.8. The van der Waals surface area contributed by atoms with Crippen molar-refractivity contribution in [2.24, 2.45) is 5.92 Å². The minimum Gasteiger partial charge on any atom is -0.394 e. The summed E-state index contributed by atoms with van der Waals surface area (Å²) in [6.45, 7) is 2.38. The third kappa shape index (κ3) is 2.80. The highest BCUT2D eigenvalue weighted by Gasteiger charge is 2.33. The number of aromatic nitrogens is 1. The van der Waals surface area contributed by atoms with E-state index in [1.165, 1.54) is 0 Å². The summed E-state index contributed by atoms with van der Waals surface area (Å²) < 4.78 is 0. The fourth-order valence-electron chi connectivity index (χ4n) is 2.44. The zero-order valence-electron chi connectivity index (χ0n) is 10.7. The van der Waals surface area contributed by atoms with Crippen LogP contribution in [0.3, 0.4) is 0 Å². The normalized spacial score (nSPS) is 27.5. The first-order chi connectivity index (χ1) is 8.67. The van der Waals surface area contributed by atoms with E-state index >= 15 is 0 Å². The summed E-state index contributed by atoms with van der Waals surface area (Å²) >= 11 is 0. The SMILES string of the molecule is CC1CCC(CO)(Nc2ccc(C#N)cn2)CC1. The summed E-state index contributed by atoms with van der Waals surface area (Å²) in [6, 6.07) is 5.59. The molecule has 4 nitrogen and oxygen atoms in total. The van der Waals surface area contributed by atoms with Crippen LogP contribution in [-0.2, 0) is 0 Å². The zero-order chi connectivity index (χ0) is 13.0. The fourth-order valence-corrected chi connectivity index (χ4v) is 2.44. The van der Waals surface area contributed by atoms with Gasteiger partial charge in [-0.1, -0.05) is 6.92 Å². The highest BCUT2D eigenvalue weighted by molar-refractivity contribution is 5.41. The van der Waals surface area contributed by atoms with Gasteiger partial charge in [0.1, 0.15) is 11.9 Å². The molecule has 1 fully saturated rings. The average molecular weight is 245 g/mol. The lowest BCUT2D eigenvalue weighted by molar-refractivity contribution is 0.155. The lowest BCUT2D eigenvalue weighted by Crippen LogP contribution is -2.45. The van der Waals surface area contributed by atoms with Crippen molar-refractivity contribution in [2.75, 3.05) is 11.9 Å². The number of aliphatic hydroxyl groups excluding tert-OH is 1. The number of nitriles is 1. The van der Waals surface area contributed by atoms with E-state index in [0.717, 1.165) is 37.4 Å². The number of hydrogen-bond acceptors (Lipinski definition) is 4. The molecule has 1 saturated carbocycles. The Morgan fingerprint density at radius 1 is 1.50 bits per heavy atom. The molecule has 1 aromatic rings. The van der Waals surface area contributed by atoms with E-state index in [-0.39, 0.29) is 12.1 Å². The molecule has 1 aliphatic rings. The van der Waals surface area contributed by atoms with Gasteiger partial charge in [-0.2, -0.15) is 5.26 Å². The quantitative estimate of drug-likeness (QED) is 0.857. The largest absolute Gasteiger partial charge is 0.394 e. The molecule has 4 heteroatoms. The van der Waals surface area contributed by atoms with Crippen LogP contribution in [0.15, 0.2) is 18.3 Å². The number of rotatable bonds is 3. The van der Waals surface area contributed by atoms with Gasteiger partial charge in [0.05, 0.1) is 17.7 Å². The van der Waals surface area contributed by atoms with E-state index in [9.17, 15) is 5.11 Å². The molecule has 1 aliphatic carbocycles. The highest BCUT2D eigenvalue weighted by atomic mass is 16.3. The van der Waals surface area contributed by atoms with Gasteiger partial charge in [-0.25, -0.2) is 4.98 Å². The van der Waals surface area contributed by atoms with Crippen molar-refractivity contribution in [2.45, 2.75) is 38.1 Å². The van der Waals surface area contributed by atoms with Crippen molar-refractivity contribution >= 4 is 5.82 Å². The van der Waals surface area contributed by atoms with E-state index in [2.05, 4.69) is 17.2 Å². The van der Waals surface area contributed by atoms with E-state index in [4.69, 9.17) is 5.26 Å². The van der Waals surface area contributed by atoms with Crippen LogP contribution in [0.25, 0.3) is 0 Å². The molecule has 18 heavy (non-hydrogen) atoms. The second kappa shape index (κ2) is 5.36. The van der Waals surface area contributed by atoms with E-state index in [0.29, 0.717) is 5.56 Å². The molecule has 96 valence electrons. The fraction of sp³-hybridized carbons (Fsp3) is 0.571. The molecule has 0 aliphatic heterocycles. The second-order valence-electron chi connectivity index (χ2n) is 5.29. The Kier molecular flexibility index (Phi) is 3.83. The molecule has 2 N–H and O–H groups in total. The van der Waals surface area contributed by atoms with Crippen molar-refractivity contribution in [3.63, 3.8) is 0 Å². The molecule has 0 amide bonds. The second-order valence-corrected chi connectivity index (χ2v) is 5.29. The van der Waals surface area contributed by atoms with Crippen LogP contribution in [0, 0.1) is 17.2 Å². The van der Waals surface area contributed by atoms with Crippen LogP contribution < -0.4 is 5.32 Å². The third-order valence-corrected chi connectivity index (χ3v) is 3.82. The van der Waals surface area contributed by atoms with Gasteiger partial charge in [0.2, 0.25) is 0 Å². The Bertz CT molecular complexity index is 427. The van der Waals surface area contributed by atoms with Crippen molar-refractivity contribution < 1.29 is 5.11 Å². The average Bonchev–Trinajstić information content (AvgIpc) is 2.43. The molecule has 1 heterocycles. The predicted octanol–water partition coefficient (Wildman–Crippen LogP) is 2.31. The Labute approximate surface area is 108 Å². The number of aliphatic hydroxyl groups is 1. The molecular weight excluding hydrogens is 226 g/mol. The summed E-state index contributed by atoms with van der Waals surface area (Å²) in [5.41, 5.74) is 0.309. The Morgan fingerprint density at radius 3 is 2.72 bits per heavy atom. The lowest BCUT2D eigenvalue weighted by atomic mass is 9.77. The first-order valence-corrected chi connectivity index (χ1v) is 6.43. The number of nitrogens with one attached hydrogen (secondary N) is 1. The first-order valence-electron chi connectivity index (χ1n) is 6.43. The van der Waals surface area contributed by atoms with Gasteiger partial charge in [-0.15, -0.1) is 0 Å². The topological polar surface area (TPSA) is 68.9 Å². The van der Waals surface area contributed by atoms with Crippen LogP contribution in [0.1, 0.15) is 38.2 Å². The number of nitrogens with zero attached hydrogens (tertiary/aromatic N) is 2. The van der Waals surface area contributed by atoms with Gasteiger partial charge in [-0.05, 0) is 43.7 Å². The van der Waals surface area contributed by atoms with Gasteiger partial charge in [0.15, 0.2) is 0 Å². The highest BCUT2D eigenvalue weighted by Crippen LogP contribution is 2.33.